The molecule has 3 fully saturated rings. The van der Waals surface area contributed by atoms with E-state index >= 15 is 0 Å². The van der Waals surface area contributed by atoms with Crippen molar-refractivity contribution >= 4 is 35.5 Å². The number of β-lactam (4-membered cyclic amide) rings is 1. The zero-order valence-electron chi connectivity index (χ0n) is 21.8. The van der Waals surface area contributed by atoms with Crippen LogP contribution in [0.3, 0.4) is 0 Å². The van der Waals surface area contributed by atoms with Gasteiger partial charge in [0.15, 0.2) is 0 Å². The molecule has 8 atom stereocenters. The number of likely N-dealkylation sites (tertiary alicyclic amines) is 1. The summed E-state index contributed by atoms with van der Waals surface area (Å²) < 4.78 is 1.27. The lowest BCUT2D eigenvalue weighted by Crippen LogP contribution is -2.66. The number of nitrogens with one attached hydrogen (secondary N) is 2. The third-order valence-electron chi connectivity index (χ3n) is 8.10. The number of nitrogens with zero attached hydrogens (tertiary/aromatic N) is 6. The Morgan fingerprint density at radius 1 is 1.33 bits per heavy atom. The largest absolute Gasteiger partial charge is 0.477 e. The molecular weight excluding hydrogens is 528 g/mol. The molecule has 5 rings (SSSR count). The summed E-state index contributed by atoms with van der Waals surface area (Å²) in [6.07, 6.45) is 2.53. The lowest BCUT2D eigenvalue weighted by atomic mass is 9.78. The molecule has 3 saturated heterocycles. The van der Waals surface area contributed by atoms with Gasteiger partial charge in [-0.3, -0.25) is 14.4 Å². The quantitative estimate of drug-likeness (QED) is 0.194. The third-order valence-corrected chi connectivity index (χ3v) is 9.61. The van der Waals surface area contributed by atoms with Gasteiger partial charge in [0.25, 0.3) is 0 Å². The van der Waals surface area contributed by atoms with Crippen LogP contribution in [0.25, 0.3) is 0 Å². The van der Waals surface area contributed by atoms with Crippen LogP contribution < -0.4 is 22.1 Å². The highest BCUT2D eigenvalue weighted by atomic mass is 32.2. The number of nitrogens with two attached hydrogens (primary N) is 2. The number of carboxylic acids is 1. The fraction of sp³-hybridized carbons (Fsp3) is 0.696. The average molecular weight is 563 g/mol. The molecule has 16 heteroatoms. The second-order valence-electron chi connectivity index (χ2n) is 10.7. The van der Waals surface area contributed by atoms with Crippen LogP contribution in [0.4, 0.5) is 0 Å². The van der Waals surface area contributed by atoms with Crippen molar-refractivity contribution in [3.8, 4) is 0 Å². The zero-order chi connectivity index (χ0) is 28.0. The molecule has 0 radical (unpaired) electrons. The molecule has 0 bridgehead atoms. The van der Waals surface area contributed by atoms with Crippen LogP contribution in [0.15, 0.2) is 16.9 Å². The van der Waals surface area contributed by atoms with Crippen molar-refractivity contribution in [1.29, 1.82) is 0 Å². The molecule has 0 aromatic carbocycles. The minimum atomic E-state index is -1.16. The minimum absolute atomic E-state index is 0.00513. The van der Waals surface area contributed by atoms with Gasteiger partial charge in [-0.05, 0) is 30.2 Å². The molecule has 1 aromatic rings. The normalized spacial score (nSPS) is 32.8. The minimum Gasteiger partial charge on any atom is -0.477 e. The Morgan fingerprint density at radius 3 is 2.77 bits per heavy atom. The smallest absolute Gasteiger partial charge is 0.353 e. The fourth-order valence-corrected chi connectivity index (χ4v) is 7.77. The number of carbonyl (C=O) groups excluding carboxylic acids is 3. The number of aromatic nitrogens is 4. The Hall–Kier alpha value is -3.08. The Kier molecular flexibility index (Phi) is 7.63. The Labute approximate surface area is 229 Å². The van der Waals surface area contributed by atoms with Crippen molar-refractivity contribution in [3.05, 3.63) is 16.9 Å². The van der Waals surface area contributed by atoms with Crippen LogP contribution in [-0.2, 0) is 25.7 Å². The van der Waals surface area contributed by atoms with Gasteiger partial charge in [-0.25, -0.2) is 9.48 Å². The van der Waals surface area contributed by atoms with Crippen molar-refractivity contribution in [2.45, 2.75) is 68.7 Å². The van der Waals surface area contributed by atoms with E-state index in [1.165, 1.54) is 27.7 Å². The maximum atomic E-state index is 13.2. The molecule has 4 aliphatic heterocycles. The Morgan fingerprint density at radius 2 is 2.10 bits per heavy atom. The summed E-state index contributed by atoms with van der Waals surface area (Å²) in [5.74, 6) is -2.67. The van der Waals surface area contributed by atoms with E-state index in [1.54, 1.807) is 11.8 Å². The van der Waals surface area contributed by atoms with Crippen molar-refractivity contribution in [3.63, 3.8) is 0 Å². The van der Waals surface area contributed by atoms with E-state index in [0.717, 1.165) is 0 Å². The van der Waals surface area contributed by atoms with E-state index in [2.05, 4.69) is 26.2 Å². The first-order valence-electron chi connectivity index (χ1n) is 13.1. The SMILES string of the molecule is CC(NC(=O)Cn1cnnn1)[C@H]1C(=O)N2C(C(=O)O)=C(S[C@@H]3CN[C@H](C(=O)N4C[C@H](N)C[C@H]4CN)C3)[C@H](C)[C@H]12. The van der Waals surface area contributed by atoms with Crippen molar-refractivity contribution in [2.75, 3.05) is 19.6 Å². The first-order chi connectivity index (χ1) is 18.6. The first kappa shape index (κ1) is 27.5. The average Bonchev–Trinajstić information content (AvgIpc) is 3.67. The van der Waals surface area contributed by atoms with E-state index in [4.69, 9.17) is 11.5 Å². The van der Waals surface area contributed by atoms with Gasteiger partial charge in [-0.2, -0.15) is 0 Å². The standard InChI is InChI=1S/C23H34N10O5S/c1-10-18-17(11(2)28-16(34)8-31-9-27-29-30-31)22(36)33(18)19(23(37)38)20(10)39-14-4-15(26-6-14)21(35)32-7-12(25)3-13(32)5-24/h9-15,17-18,26H,3-8,24-25H2,1-2H3,(H,28,34)(H,37,38)/t10-,11?,12-,13+,14+,15+,17-,18-/m1/s1. The van der Waals surface area contributed by atoms with Gasteiger partial charge in [0.1, 0.15) is 18.6 Å². The molecule has 1 aromatic heterocycles. The summed E-state index contributed by atoms with van der Waals surface area (Å²) in [5, 5.41) is 26.8. The number of carbonyl (C=O) groups is 4. The second kappa shape index (κ2) is 10.8. The fourth-order valence-electron chi connectivity index (χ4n) is 6.29. The van der Waals surface area contributed by atoms with E-state index in [9.17, 15) is 24.3 Å². The maximum Gasteiger partial charge on any atom is 0.353 e. The third kappa shape index (κ3) is 5.01. The maximum absolute atomic E-state index is 13.2. The molecule has 0 saturated carbocycles. The number of carboxylic acid groups (broad SMARTS) is 1. The van der Waals surface area contributed by atoms with Gasteiger partial charge in [0.05, 0.1) is 18.0 Å². The van der Waals surface area contributed by atoms with Crippen LogP contribution in [0.2, 0.25) is 0 Å². The molecule has 1 unspecified atom stereocenters. The number of fused-ring (bicyclic) bond motifs is 1. The van der Waals surface area contributed by atoms with E-state index in [0.29, 0.717) is 37.4 Å². The van der Waals surface area contributed by atoms with Crippen molar-refractivity contribution < 1.29 is 24.3 Å². The van der Waals surface area contributed by atoms with Gasteiger partial charge < -0.3 is 37.0 Å². The highest BCUT2D eigenvalue weighted by Gasteiger charge is 2.60. The molecule has 5 heterocycles. The molecule has 4 aliphatic rings. The number of aliphatic carboxylic acids is 1. The molecule has 3 amide bonds. The highest BCUT2D eigenvalue weighted by Crippen LogP contribution is 2.51. The molecule has 0 spiro atoms. The van der Waals surface area contributed by atoms with Gasteiger partial charge in [0.2, 0.25) is 17.7 Å². The number of hydrogen-bond donors (Lipinski definition) is 5. The predicted octanol–water partition coefficient (Wildman–Crippen LogP) is -2.70. The number of hydrogen-bond acceptors (Lipinski definition) is 11. The van der Waals surface area contributed by atoms with Crippen LogP contribution in [0.5, 0.6) is 0 Å². The summed E-state index contributed by atoms with van der Waals surface area (Å²) in [6.45, 7) is 4.93. The van der Waals surface area contributed by atoms with Crippen LogP contribution in [0.1, 0.15) is 26.7 Å². The van der Waals surface area contributed by atoms with E-state index in [-0.39, 0.29) is 59.3 Å². The number of amides is 3. The summed E-state index contributed by atoms with van der Waals surface area (Å²) in [4.78, 5) is 54.8. The number of rotatable bonds is 9. The molecule has 15 nitrogen and oxygen atoms in total. The van der Waals surface area contributed by atoms with E-state index < -0.39 is 24.0 Å². The van der Waals surface area contributed by atoms with Gasteiger partial charge >= 0.3 is 5.97 Å². The molecule has 212 valence electrons. The Balaban J connectivity index is 1.23. The summed E-state index contributed by atoms with van der Waals surface area (Å²) in [7, 11) is 0. The Bertz CT molecular complexity index is 1180. The van der Waals surface area contributed by atoms with Crippen LogP contribution in [0, 0.1) is 11.8 Å². The monoisotopic (exact) mass is 562 g/mol. The molecule has 7 N–H and O–H groups in total. The topological polar surface area (TPSA) is 215 Å². The van der Waals surface area contributed by atoms with Crippen LogP contribution in [-0.4, -0.2) is 114 Å². The van der Waals surface area contributed by atoms with Crippen molar-refractivity contribution in [2.24, 2.45) is 23.3 Å². The number of tetrazole rings is 1. The lowest BCUT2D eigenvalue weighted by Gasteiger charge is -2.47. The zero-order valence-corrected chi connectivity index (χ0v) is 22.6. The molecule has 39 heavy (non-hydrogen) atoms. The summed E-state index contributed by atoms with van der Waals surface area (Å²) in [6, 6.07) is -1.44. The molecular formula is C23H34N10O5S. The van der Waals surface area contributed by atoms with Gasteiger partial charge in [-0.15, -0.1) is 16.9 Å². The van der Waals surface area contributed by atoms with Crippen molar-refractivity contribution in [1.82, 2.24) is 40.6 Å². The second-order valence-corrected chi connectivity index (χ2v) is 12.0. The predicted molar refractivity (Wildman–Crippen MR) is 138 cm³/mol. The lowest BCUT2D eigenvalue weighted by molar-refractivity contribution is -0.158. The summed E-state index contributed by atoms with van der Waals surface area (Å²) >= 11 is 1.42. The highest BCUT2D eigenvalue weighted by molar-refractivity contribution is 8.03. The first-order valence-corrected chi connectivity index (χ1v) is 14.0. The van der Waals surface area contributed by atoms with Crippen LogP contribution >= 0.6 is 11.8 Å². The molecule has 0 aliphatic carbocycles. The van der Waals surface area contributed by atoms with E-state index in [1.807, 2.05) is 6.92 Å². The number of thioether (sulfide) groups is 1. The summed E-state index contributed by atoms with van der Waals surface area (Å²) in [5.41, 5.74) is 11.9. The van der Waals surface area contributed by atoms with Gasteiger partial charge in [-0.1, -0.05) is 6.92 Å². The van der Waals surface area contributed by atoms with Gasteiger partial charge in [0, 0.05) is 53.8 Å².